The van der Waals surface area contributed by atoms with Crippen molar-refractivity contribution in [2.24, 2.45) is 0 Å². The van der Waals surface area contributed by atoms with Crippen LogP contribution >= 0.6 is 11.6 Å². The molecule has 2 saturated carbocycles. The third kappa shape index (κ3) is 3.18. The number of hydrogen-bond donors (Lipinski definition) is 1. The van der Waals surface area contributed by atoms with Gasteiger partial charge < -0.3 is 10.1 Å². The predicted molar refractivity (Wildman–Crippen MR) is 74.2 cm³/mol. The molecule has 0 aliphatic heterocycles. The topological polar surface area (TPSA) is 21.3 Å². The molecule has 0 atom stereocenters. The van der Waals surface area contributed by atoms with Crippen molar-refractivity contribution in [2.45, 2.75) is 57.2 Å². The number of halogens is 1. The van der Waals surface area contributed by atoms with Gasteiger partial charge in [0.2, 0.25) is 0 Å². The highest BCUT2D eigenvalue weighted by molar-refractivity contribution is 6.32. The van der Waals surface area contributed by atoms with Crippen LogP contribution in [0.2, 0.25) is 5.02 Å². The van der Waals surface area contributed by atoms with Crippen LogP contribution in [-0.4, -0.2) is 12.1 Å². The van der Waals surface area contributed by atoms with Crippen molar-refractivity contribution in [3.05, 3.63) is 28.8 Å². The first kappa shape index (κ1) is 12.3. The summed E-state index contributed by atoms with van der Waals surface area (Å²) in [6.07, 6.45) is 7.91. The average molecular weight is 266 g/mol. The van der Waals surface area contributed by atoms with Crippen LogP contribution < -0.4 is 10.1 Å². The molecule has 0 amide bonds. The van der Waals surface area contributed by atoms with E-state index in [2.05, 4.69) is 11.4 Å². The van der Waals surface area contributed by atoms with Gasteiger partial charge >= 0.3 is 0 Å². The molecular formula is C15H20ClNO. The maximum atomic E-state index is 6.29. The van der Waals surface area contributed by atoms with Gasteiger partial charge in [0.1, 0.15) is 5.75 Å². The molecule has 1 N–H and O–H groups in total. The summed E-state index contributed by atoms with van der Waals surface area (Å²) in [5, 5.41) is 4.24. The molecule has 1 aromatic carbocycles. The molecule has 0 saturated heterocycles. The minimum Gasteiger partial charge on any atom is -0.489 e. The number of nitrogens with one attached hydrogen (secondary N) is 1. The van der Waals surface area contributed by atoms with Crippen LogP contribution in [0, 0.1) is 0 Å². The predicted octanol–water partition coefficient (Wildman–Crippen LogP) is 3.91. The second kappa shape index (κ2) is 5.50. The Labute approximate surface area is 114 Å². The maximum Gasteiger partial charge on any atom is 0.138 e. The minimum atomic E-state index is 0.373. The van der Waals surface area contributed by atoms with E-state index in [1.165, 1.54) is 44.1 Å². The monoisotopic (exact) mass is 265 g/mol. The fourth-order valence-corrected chi connectivity index (χ4v) is 2.73. The van der Waals surface area contributed by atoms with Gasteiger partial charge in [-0.25, -0.2) is 0 Å². The smallest absolute Gasteiger partial charge is 0.138 e. The van der Waals surface area contributed by atoms with Gasteiger partial charge in [-0.2, -0.15) is 0 Å². The Bertz CT molecular complexity index is 411. The summed E-state index contributed by atoms with van der Waals surface area (Å²) in [7, 11) is 0. The van der Waals surface area contributed by atoms with E-state index in [1.54, 1.807) is 0 Å². The number of ether oxygens (including phenoxy) is 1. The van der Waals surface area contributed by atoms with E-state index in [0.717, 1.165) is 23.4 Å². The van der Waals surface area contributed by atoms with Gasteiger partial charge in [0.25, 0.3) is 0 Å². The van der Waals surface area contributed by atoms with Crippen LogP contribution in [-0.2, 0) is 6.54 Å². The highest BCUT2D eigenvalue weighted by atomic mass is 35.5. The zero-order chi connectivity index (χ0) is 12.4. The van der Waals surface area contributed by atoms with Gasteiger partial charge in [0.15, 0.2) is 0 Å². The fourth-order valence-electron chi connectivity index (χ4n) is 2.49. The molecule has 3 rings (SSSR count). The molecule has 0 heterocycles. The van der Waals surface area contributed by atoms with E-state index in [4.69, 9.17) is 16.3 Å². The zero-order valence-corrected chi connectivity index (χ0v) is 11.4. The standard InChI is InChI=1S/C15H20ClNO/c16-14-9-11(10-17-12-6-7-12)5-8-15(14)18-13-3-1-2-4-13/h5,8-9,12-13,17H,1-4,6-7,10H2. The first-order chi connectivity index (χ1) is 8.81. The third-order valence-corrected chi connectivity index (χ3v) is 4.06. The summed E-state index contributed by atoms with van der Waals surface area (Å²) in [5.74, 6) is 0.846. The highest BCUT2D eigenvalue weighted by Gasteiger charge is 2.20. The Morgan fingerprint density at radius 3 is 2.61 bits per heavy atom. The Hall–Kier alpha value is -0.730. The molecule has 0 unspecified atom stereocenters. The van der Waals surface area contributed by atoms with Crippen molar-refractivity contribution < 1.29 is 4.74 Å². The molecule has 2 aliphatic carbocycles. The summed E-state index contributed by atoms with van der Waals surface area (Å²) in [6, 6.07) is 6.90. The van der Waals surface area contributed by atoms with E-state index >= 15 is 0 Å². The van der Waals surface area contributed by atoms with Crippen molar-refractivity contribution in [3.63, 3.8) is 0 Å². The maximum absolute atomic E-state index is 6.29. The van der Waals surface area contributed by atoms with Gasteiger partial charge in [0.05, 0.1) is 11.1 Å². The van der Waals surface area contributed by atoms with E-state index in [9.17, 15) is 0 Å². The molecule has 2 fully saturated rings. The molecule has 1 aromatic rings. The number of rotatable bonds is 5. The Kier molecular flexibility index (Phi) is 3.76. The fraction of sp³-hybridized carbons (Fsp3) is 0.600. The third-order valence-electron chi connectivity index (χ3n) is 3.76. The van der Waals surface area contributed by atoms with Gasteiger partial charge in [-0.15, -0.1) is 0 Å². The number of hydrogen-bond acceptors (Lipinski definition) is 2. The Morgan fingerprint density at radius 1 is 1.17 bits per heavy atom. The average Bonchev–Trinajstić information content (AvgIpc) is 3.06. The first-order valence-electron chi connectivity index (χ1n) is 7.00. The Balaban J connectivity index is 1.60. The second-order valence-electron chi connectivity index (χ2n) is 5.44. The lowest BCUT2D eigenvalue weighted by atomic mass is 10.2. The van der Waals surface area contributed by atoms with Gasteiger partial charge in [-0.05, 0) is 56.2 Å². The minimum absolute atomic E-state index is 0.373. The lowest BCUT2D eigenvalue weighted by molar-refractivity contribution is 0.210. The zero-order valence-electron chi connectivity index (χ0n) is 10.6. The molecule has 98 valence electrons. The molecule has 2 aliphatic rings. The summed E-state index contributed by atoms with van der Waals surface area (Å²) in [5.41, 5.74) is 1.24. The van der Waals surface area contributed by atoms with Crippen LogP contribution in [0.3, 0.4) is 0 Å². The lowest BCUT2D eigenvalue weighted by Crippen LogP contribution is -2.15. The molecule has 3 heteroatoms. The normalized spacial score (nSPS) is 20.3. The molecule has 0 aromatic heterocycles. The van der Waals surface area contributed by atoms with Crippen molar-refractivity contribution in [3.8, 4) is 5.75 Å². The summed E-state index contributed by atoms with van der Waals surface area (Å²) >= 11 is 6.29. The van der Waals surface area contributed by atoms with E-state index in [-0.39, 0.29) is 0 Å². The number of benzene rings is 1. The van der Waals surface area contributed by atoms with E-state index in [0.29, 0.717) is 6.10 Å². The van der Waals surface area contributed by atoms with Crippen LogP contribution in [0.25, 0.3) is 0 Å². The SMILES string of the molecule is Clc1cc(CNC2CC2)ccc1OC1CCCC1. The van der Waals surface area contributed by atoms with Crippen molar-refractivity contribution in [2.75, 3.05) is 0 Å². The largest absolute Gasteiger partial charge is 0.489 e. The molecule has 2 nitrogen and oxygen atoms in total. The Morgan fingerprint density at radius 2 is 1.94 bits per heavy atom. The van der Waals surface area contributed by atoms with Crippen molar-refractivity contribution >= 4 is 11.6 Å². The van der Waals surface area contributed by atoms with Crippen LogP contribution in [0.15, 0.2) is 18.2 Å². The first-order valence-corrected chi connectivity index (χ1v) is 7.37. The summed E-state index contributed by atoms with van der Waals surface area (Å²) in [6.45, 7) is 0.911. The summed E-state index contributed by atoms with van der Waals surface area (Å²) < 4.78 is 5.95. The quantitative estimate of drug-likeness (QED) is 0.871. The molecule has 0 bridgehead atoms. The molecular weight excluding hydrogens is 246 g/mol. The van der Waals surface area contributed by atoms with Crippen LogP contribution in [0.5, 0.6) is 5.75 Å². The van der Waals surface area contributed by atoms with E-state index in [1.807, 2.05) is 12.1 Å². The van der Waals surface area contributed by atoms with Gasteiger partial charge in [-0.3, -0.25) is 0 Å². The second-order valence-corrected chi connectivity index (χ2v) is 5.85. The van der Waals surface area contributed by atoms with Crippen LogP contribution in [0.1, 0.15) is 44.1 Å². The van der Waals surface area contributed by atoms with Crippen molar-refractivity contribution in [1.29, 1.82) is 0 Å². The molecule has 0 radical (unpaired) electrons. The highest BCUT2D eigenvalue weighted by Crippen LogP contribution is 2.30. The van der Waals surface area contributed by atoms with Crippen molar-refractivity contribution in [1.82, 2.24) is 5.32 Å². The summed E-state index contributed by atoms with van der Waals surface area (Å²) in [4.78, 5) is 0. The molecule has 0 spiro atoms. The van der Waals surface area contributed by atoms with Gasteiger partial charge in [-0.1, -0.05) is 17.7 Å². The van der Waals surface area contributed by atoms with Gasteiger partial charge in [0, 0.05) is 12.6 Å². The lowest BCUT2D eigenvalue weighted by Gasteiger charge is -2.15. The van der Waals surface area contributed by atoms with E-state index < -0.39 is 0 Å². The molecule has 18 heavy (non-hydrogen) atoms. The van der Waals surface area contributed by atoms with Crippen LogP contribution in [0.4, 0.5) is 0 Å².